The van der Waals surface area contributed by atoms with Crippen LogP contribution in [0, 0.1) is 5.92 Å². The van der Waals surface area contributed by atoms with Crippen molar-refractivity contribution in [1.29, 1.82) is 0 Å². The summed E-state index contributed by atoms with van der Waals surface area (Å²) in [5.41, 5.74) is 5.66. The molecule has 0 bridgehead atoms. The number of nitrogen functional groups attached to an aromatic ring is 1. The molecule has 0 aliphatic carbocycles. The molecule has 2 rings (SSSR count). The average Bonchev–Trinajstić information content (AvgIpc) is 2.75. The predicted molar refractivity (Wildman–Crippen MR) is 79.9 cm³/mol. The fraction of sp³-hybridized carbons (Fsp3) is 0.615. The van der Waals surface area contributed by atoms with Gasteiger partial charge in [0.05, 0.1) is 0 Å². The van der Waals surface area contributed by atoms with Crippen LogP contribution in [0.4, 0.5) is 5.82 Å². The zero-order valence-corrected chi connectivity index (χ0v) is 13.1. The summed E-state index contributed by atoms with van der Waals surface area (Å²) in [4.78, 5) is 28.1. The Balaban J connectivity index is 2.14. The number of piperazine rings is 1. The summed E-state index contributed by atoms with van der Waals surface area (Å²) in [5.74, 6) is 0.0730. The van der Waals surface area contributed by atoms with Gasteiger partial charge >= 0.3 is 0 Å². The molecule has 1 atom stereocenters. The number of rotatable bonds is 3. The van der Waals surface area contributed by atoms with Crippen LogP contribution >= 0.6 is 11.6 Å². The maximum atomic E-state index is 12.5. The van der Waals surface area contributed by atoms with E-state index in [4.69, 9.17) is 17.3 Å². The van der Waals surface area contributed by atoms with E-state index in [-0.39, 0.29) is 28.3 Å². The third kappa shape index (κ3) is 2.97. The first kappa shape index (κ1) is 15.6. The highest BCUT2D eigenvalue weighted by molar-refractivity contribution is 6.35. The monoisotopic (exact) mass is 313 g/mol. The van der Waals surface area contributed by atoms with Crippen molar-refractivity contribution in [2.45, 2.75) is 26.8 Å². The Morgan fingerprint density at radius 1 is 1.52 bits per heavy atom. The number of halogens is 1. The molecule has 1 aromatic heterocycles. The van der Waals surface area contributed by atoms with E-state index < -0.39 is 6.04 Å². The van der Waals surface area contributed by atoms with E-state index >= 15 is 0 Å². The highest BCUT2D eigenvalue weighted by atomic mass is 35.5. The van der Waals surface area contributed by atoms with Crippen molar-refractivity contribution in [3.63, 3.8) is 0 Å². The van der Waals surface area contributed by atoms with Crippen LogP contribution in [0.15, 0.2) is 0 Å². The van der Waals surface area contributed by atoms with E-state index in [2.05, 4.69) is 24.0 Å². The number of hydrogen-bond acceptors (Lipinski definition) is 4. The smallest absolute Gasteiger partial charge is 0.274 e. The topological polar surface area (TPSA) is 95.3 Å². The van der Waals surface area contributed by atoms with Gasteiger partial charge in [0.2, 0.25) is 5.91 Å². The normalized spacial score (nSPS) is 19.5. The van der Waals surface area contributed by atoms with E-state index in [9.17, 15) is 9.59 Å². The number of aromatic amines is 1. The Kier molecular flexibility index (Phi) is 4.41. The van der Waals surface area contributed by atoms with Crippen LogP contribution in [0.3, 0.4) is 0 Å². The molecule has 1 saturated heterocycles. The van der Waals surface area contributed by atoms with Gasteiger partial charge in [-0.1, -0.05) is 25.4 Å². The van der Waals surface area contributed by atoms with Gasteiger partial charge in [-0.25, -0.2) is 0 Å². The molecule has 7 nitrogen and oxygen atoms in total. The summed E-state index contributed by atoms with van der Waals surface area (Å²) in [7, 11) is 0. The molecule has 0 spiro atoms. The molecular formula is C13H20ClN5O2. The van der Waals surface area contributed by atoms with Gasteiger partial charge in [0.15, 0.2) is 5.82 Å². The van der Waals surface area contributed by atoms with Gasteiger partial charge in [0.1, 0.15) is 16.8 Å². The van der Waals surface area contributed by atoms with Gasteiger partial charge < -0.3 is 15.5 Å². The molecule has 8 heteroatoms. The number of hydrogen-bond donors (Lipinski definition) is 2. The first-order valence-corrected chi connectivity index (χ1v) is 7.29. The summed E-state index contributed by atoms with van der Waals surface area (Å²) >= 11 is 5.94. The summed E-state index contributed by atoms with van der Waals surface area (Å²) in [6.45, 7) is 7.52. The second kappa shape index (κ2) is 5.93. The number of anilines is 1. The molecule has 1 aliphatic heterocycles. The Bertz CT molecular complexity index is 557. The lowest BCUT2D eigenvalue weighted by molar-refractivity contribution is -0.140. The lowest BCUT2D eigenvalue weighted by Gasteiger charge is -2.39. The number of nitrogens with two attached hydrogens (primary N) is 1. The Morgan fingerprint density at radius 2 is 2.19 bits per heavy atom. The van der Waals surface area contributed by atoms with Crippen molar-refractivity contribution in [3.8, 4) is 0 Å². The molecule has 3 N–H and O–H groups in total. The molecule has 1 fully saturated rings. The van der Waals surface area contributed by atoms with Crippen LogP contribution in [0.5, 0.6) is 0 Å². The Morgan fingerprint density at radius 3 is 2.71 bits per heavy atom. The van der Waals surface area contributed by atoms with Crippen molar-refractivity contribution < 1.29 is 9.59 Å². The van der Waals surface area contributed by atoms with Crippen LogP contribution in [0.25, 0.3) is 0 Å². The molecule has 116 valence electrons. The molecule has 1 aromatic rings. The van der Waals surface area contributed by atoms with Gasteiger partial charge in [0, 0.05) is 19.6 Å². The second-order valence-electron chi connectivity index (χ2n) is 5.65. The number of carbonyl (C=O) groups excluding carboxylic acids is 2. The molecule has 21 heavy (non-hydrogen) atoms. The zero-order chi connectivity index (χ0) is 15.7. The van der Waals surface area contributed by atoms with Crippen molar-refractivity contribution in [2.24, 2.45) is 5.92 Å². The highest BCUT2D eigenvalue weighted by Gasteiger charge is 2.36. The van der Waals surface area contributed by atoms with Crippen LogP contribution in [-0.2, 0) is 4.79 Å². The molecule has 2 heterocycles. The molecule has 0 saturated carbocycles. The third-order valence-corrected chi connectivity index (χ3v) is 3.92. The number of carbonyl (C=O) groups is 2. The second-order valence-corrected chi connectivity index (χ2v) is 6.03. The summed E-state index contributed by atoms with van der Waals surface area (Å²) in [6.07, 6.45) is 0. The van der Waals surface area contributed by atoms with E-state index in [1.165, 1.54) is 4.90 Å². The van der Waals surface area contributed by atoms with E-state index in [1.807, 2.05) is 0 Å². The van der Waals surface area contributed by atoms with Crippen LogP contribution < -0.4 is 5.73 Å². The fourth-order valence-corrected chi connectivity index (χ4v) is 2.62. The minimum absolute atomic E-state index is 0.0492. The molecular weight excluding hydrogens is 294 g/mol. The SMILES string of the molecule is CC(C)CN1CCN(C(=O)c2[nH]nc(N)c2Cl)[C@H](C)C1=O. The van der Waals surface area contributed by atoms with Crippen molar-refractivity contribution >= 4 is 29.2 Å². The standard InChI is InChI=1S/C13H20ClN5O2/c1-7(2)6-18-4-5-19(8(3)12(18)20)13(21)10-9(14)11(15)17-16-10/h7-8H,4-6H2,1-3H3,(H3,15,16,17)/t8-/m1/s1. The lowest BCUT2D eigenvalue weighted by Crippen LogP contribution is -2.58. The van der Waals surface area contributed by atoms with Gasteiger partial charge in [-0.2, -0.15) is 5.10 Å². The van der Waals surface area contributed by atoms with Crippen molar-refractivity contribution in [3.05, 3.63) is 10.7 Å². The van der Waals surface area contributed by atoms with Crippen LogP contribution in [0.2, 0.25) is 5.02 Å². The molecule has 1 aliphatic rings. The predicted octanol–water partition coefficient (Wildman–Crippen LogP) is 0.974. The van der Waals surface area contributed by atoms with Gasteiger partial charge in [0.25, 0.3) is 5.91 Å². The molecule has 2 amide bonds. The van der Waals surface area contributed by atoms with E-state index in [0.29, 0.717) is 25.6 Å². The molecule has 0 aromatic carbocycles. The highest BCUT2D eigenvalue weighted by Crippen LogP contribution is 2.23. The maximum absolute atomic E-state index is 12.5. The van der Waals surface area contributed by atoms with Gasteiger partial charge in [-0.15, -0.1) is 0 Å². The number of H-pyrrole nitrogens is 1. The summed E-state index contributed by atoms with van der Waals surface area (Å²) < 4.78 is 0. The Hall–Kier alpha value is -1.76. The maximum Gasteiger partial charge on any atom is 0.274 e. The van der Waals surface area contributed by atoms with Crippen LogP contribution in [0.1, 0.15) is 31.3 Å². The third-order valence-electron chi connectivity index (χ3n) is 3.54. The number of amides is 2. The van der Waals surface area contributed by atoms with Gasteiger partial charge in [-0.3, -0.25) is 14.7 Å². The number of aromatic nitrogens is 2. The Labute approximate surface area is 128 Å². The minimum atomic E-state index is -0.523. The van der Waals surface area contributed by atoms with Crippen molar-refractivity contribution in [2.75, 3.05) is 25.4 Å². The van der Waals surface area contributed by atoms with Crippen LogP contribution in [-0.4, -0.2) is 57.5 Å². The molecule has 0 radical (unpaired) electrons. The average molecular weight is 314 g/mol. The lowest BCUT2D eigenvalue weighted by atomic mass is 10.1. The fourth-order valence-electron chi connectivity index (χ4n) is 2.46. The summed E-state index contributed by atoms with van der Waals surface area (Å²) in [5, 5.41) is 6.34. The minimum Gasteiger partial charge on any atom is -0.381 e. The molecule has 0 unspecified atom stereocenters. The van der Waals surface area contributed by atoms with Crippen molar-refractivity contribution in [1.82, 2.24) is 20.0 Å². The summed E-state index contributed by atoms with van der Waals surface area (Å²) in [6, 6.07) is -0.523. The largest absolute Gasteiger partial charge is 0.381 e. The van der Waals surface area contributed by atoms with Gasteiger partial charge in [-0.05, 0) is 12.8 Å². The van der Waals surface area contributed by atoms with E-state index in [0.717, 1.165) is 0 Å². The quantitative estimate of drug-likeness (QED) is 0.869. The first-order chi connectivity index (χ1) is 9.82. The first-order valence-electron chi connectivity index (χ1n) is 6.92. The van der Waals surface area contributed by atoms with E-state index in [1.54, 1.807) is 11.8 Å². The number of nitrogens with one attached hydrogen (secondary N) is 1. The number of nitrogens with zero attached hydrogens (tertiary/aromatic N) is 3. The zero-order valence-electron chi connectivity index (χ0n) is 12.4.